The molecule has 0 saturated carbocycles. The van der Waals surface area contributed by atoms with Crippen molar-refractivity contribution in [2.45, 2.75) is 25.8 Å². The summed E-state index contributed by atoms with van der Waals surface area (Å²) in [6, 6.07) is 13.5. The number of nitriles is 1. The van der Waals surface area contributed by atoms with Crippen LogP contribution in [0.2, 0.25) is 5.02 Å². The molecule has 2 aromatic carbocycles. The van der Waals surface area contributed by atoms with Crippen LogP contribution in [0.4, 0.5) is 11.7 Å². The number of hydrogen-bond donors (Lipinski definition) is 2. The second-order valence-corrected chi connectivity index (χ2v) is 10.6. The average Bonchev–Trinajstić information content (AvgIpc) is 3.22. The normalized spacial score (nSPS) is 11.6. The summed E-state index contributed by atoms with van der Waals surface area (Å²) in [5.41, 5.74) is 2.66. The highest BCUT2D eigenvalue weighted by Crippen LogP contribution is 2.38. The summed E-state index contributed by atoms with van der Waals surface area (Å²) in [6.45, 7) is 4.68. The molecule has 0 atom stereocenters. The Morgan fingerprint density at radius 2 is 1.91 bits per heavy atom. The van der Waals surface area contributed by atoms with Crippen LogP contribution in [-0.2, 0) is 22.0 Å². The highest BCUT2D eigenvalue weighted by atomic mass is 35.5. The Labute approximate surface area is 208 Å². The largest absolute Gasteiger partial charge is 0.489 e. The molecule has 0 fully saturated rings. The molecular weight excluding hydrogens is 499 g/mol. The van der Waals surface area contributed by atoms with Gasteiger partial charge in [0, 0.05) is 11.1 Å². The molecule has 0 radical (unpaired) electrons. The molecule has 180 valence electrons. The van der Waals surface area contributed by atoms with Gasteiger partial charge >= 0.3 is 6.01 Å². The molecule has 0 aliphatic rings. The van der Waals surface area contributed by atoms with E-state index in [1.165, 1.54) is 6.20 Å². The van der Waals surface area contributed by atoms with Crippen LogP contribution in [0, 0.1) is 11.3 Å². The number of nitrogens with one attached hydrogen (secondary N) is 2. The second-order valence-electron chi connectivity index (χ2n) is 8.05. The summed E-state index contributed by atoms with van der Waals surface area (Å²) < 4.78 is 35.6. The van der Waals surface area contributed by atoms with Gasteiger partial charge in [0.15, 0.2) is 5.75 Å². The minimum Gasteiger partial charge on any atom is -0.489 e. The maximum absolute atomic E-state index is 11.3. The van der Waals surface area contributed by atoms with Crippen LogP contribution in [0.3, 0.4) is 0 Å². The van der Waals surface area contributed by atoms with Gasteiger partial charge in [-0.15, -0.1) is 11.6 Å². The van der Waals surface area contributed by atoms with Gasteiger partial charge in [-0.2, -0.15) is 5.26 Å². The fourth-order valence-electron chi connectivity index (χ4n) is 3.28. The lowest BCUT2D eigenvalue weighted by atomic mass is 9.77. The number of aromatic nitrogens is 1. The third-order valence-electron chi connectivity index (χ3n) is 5.11. The second kappa shape index (κ2) is 10.6. The zero-order valence-electron chi connectivity index (χ0n) is 18.9. The fourth-order valence-corrected chi connectivity index (χ4v) is 4.04. The van der Waals surface area contributed by atoms with E-state index in [0.29, 0.717) is 34.5 Å². The minimum absolute atomic E-state index is 0.0779. The number of ether oxygens (including phenoxy) is 1. The molecule has 1 heterocycles. The first-order valence-corrected chi connectivity index (χ1v) is 13.0. The van der Waals surface area contributed by atoms with E-state index in [1.54, 1.807) is 6.07 Å². The molecule has 1 aromatic heterocycles. The van der Waals surface area contributed by atoms with Crippen LogP contribution in [0.1, 0.15) is 36.3 Å². The Morgan fingerprint density at radius 3 is 2.53 bits per heavy atom. The standard InChI is InChI=1S/C23H24Cl2N4O4S/c1-23(2,17-10-15(12-26)21(20(25)11-17)32-9-8-24)16-4-6-18(7-5-16)27-13-19-14-28-22(33-19)29-34(3,30)31/h4-7,10-11,14,27H,8-9,13H2,1-3H3,(H,28,29). The van der Waals surface area contributed by atoms with Gasteiger partial charge in [0.05, 0.1) is 35.5 Å². The Morgan fingerprint density at radius 1 is 1.21 bits per heavy atom. The quantitative estimate of drug-likeness (QED) is 0.354. The van der Waals surface area contributed by atoms with Gasteiger partial charge in [0.2, 0.25) is 10.0 Å². The molecule has 0 saturated heterocycles. The van der Waals surface area contributed by atoms with Crippen LogP contribution >= 0.6 is 23.2 Å². The van der Waals surface area contributed by atoms with Gasteiger partial charge in [0.1, 0.15) is 18.4 Å². The molecule has 0 bridgehead atoms. The lowest BCUT2D eigenvalue weighted by molar-refractivity contribution is 0.341. The molecule has 2 N–H and O–H groups in total. The highest BCUT2D eigenvalue weighted by molar-refractivity contribution is 7.91. The summed E-state index contributed by atoms with van der Waals surface area (Å²) in [5, 5.41) is 13.1. The highest BCUT2D eigenvalue weighted by Gasteiger charge is 2.26. The van der Waals surface area contributed by atoms with Crippen LogP contribution in [0.25, 0.3) is 0 Å². The number of halogens is 2. The first-order valence-electron chi connectivity index (χ1n) is 10.2. The predicted molar refractivity (Wildman–Crippen MR) is 133 cm³/mol. The Bertz CT molecular complexity index is 1300. The van der Waals surface area contributed by atoms with E-state index in [0.717, 1.165) is 23.1 Å². The molecule has 0 amide bonds. The minimum atomic E-state index is -3.45. The van der Waals surface area contributed by atoms with E-state index in [9.17, 15) is 13.7 Å². The van der Waals surface area contributed by atoms with Crippen LogP contribution in [0.5, 0.6) is 5.75 Å². The maximum Gasteiger partial charge on any atom is 0.308 e. The molecule has 0 aliphatic carbocycles. The number of rotatable bonds is 10. The van der Waals surface area contributed by atoms with Gasteiger partial charge < -0.3 is 14.5 Å². The van der Waals surface area contributed by atoms with E-state index < -0.39 is 15.4 Å². The third-order valence-corrected chi connectivity index (χ3v) is 6.09. The molecule has 0 spiro atoms. The van der Waals surface area contributed by atoms with E-state index in [-0.39, 0.29) is 12.6 Å². The lowest BCUT2D eigenvalue weighted by Gasteiger charge is -2.27. The van der Waals surface area contributed by atoms with E-state index in [1.807, 2.05) is 44.2 Å². The van der Waals surface area contributed by atoms with E-state index in [2.05, 4.69) is 21.1 Å². The summed E-state index contributed by atoms with van der Waals surface area (Å²) in [5.74, 6) is 1.11. The van der Waals surface area contributed by atoms with Crippen molar-refractivity contribution in [2.24, 2.45) is 0 Å². The third kappa shape index (κ3) is 6.35. The SMILES string of the molecule is CC(C)(c1ccc(NCc2cnc(NS(C)(=O)=O)o2)cc1)c1cc(Cl)c(OCCCl)c(C#N)c1. The van der Waals surface area contributed by atoms with Gasteiger partial charge in [-0.1, -0.05) is 37.6 Å². The zero-order chi connectivity index (χ0) is 24.9. The Kier molecular flexibility index (Phi) is 7.97. The van der Waals surface area contributed by atoms with Crippen molar-refractivity contribution in [3.63, 3.8) is 0 Å². The van der Waals surface area contributed by atoms with Gasteiger partial charge in [-0.25, -0.2) is 18.1 Å². The van der Waals surface area contributed by atoms with Crippen molar-refractivity contribution < 1.29 is 17.6 Å². The van der Waals surface area contributed by atoms with Crippen molar-refractivity contribution in [3.05, 3.63) is 70.1 Å². The number of oxazole rings is 1. The van der Waals surface area contributed by atoms with Crippen molar-refractivity contribution in [1.82, 2.24) is 4.98 Å². The number of nitrogens with zero attached hydrogens (tertiary/aromatic N) is 2. The Balaban J connectivity index is 1.73. The summed E-state index contributed by atoms with van der Waals surface area (Å²) in [6.07, 6.45) is 2.48. The average molecular weight is 523 g/mol. The van der Waals surface area contributed by atoms with Gasteiger partial charge in [-0.3, -0.25) is 0 Å². The number of anilines is 2. The summed E-state index contributed by atoms with van der Waals surface area (Å²) >= 11 is 12.1. The monoisotopic (exact) mass is 522 g/mol. The fraction of sp³-hybridized carbons (Fsp3) is 0.304. The van der Waals surface area contributed by atoms with Crippen LogP contribution in [-0.4, -0.2) is 32.1 Å². The smallest absolute Gasteiger partial charge is 0.308 e. The molecule has 3 aromatic rings. The van der Waals surface area contributed by atoms with Crippen molar-refractivity contribution in [3.8, 4) is 11.8 Å². The first kappa shape index (κ1) is 25.7. The Hall–Kier alpha value is -2.93. The van der Waals surface area contributed by atoms with Crippen LogP contribution in [0.15, 0.2) is 47.0 Å². The van der Waals surface area contributed by atoms with Crippen molar-refractivity contribution in [2.75, 3.05) is 28.8 Å². The molecule has 11 heteroatoms. The topological polar surface area (TPSA) is 117 Å². The van der Waals surface area contributed by atoms with Gasteiger partial charge in [-0.05, 0) is 35.4 Å². The summed E-state index contributed by atoms with van der Waals surface area (Å²) in [4.78, 5) is 3.89. The predicted octanol–water partition coefficient (Wildman–Crippen LogP) is 5.13. The first-order chi connectivity index (χ1) is 16.0. The van der Waals surface area contributed by atoms with E-state index >= 15 is 0 Å². The number of hydrogen-bond acceptors (Lipinski definition) is 7. The summed E-state index contributed by atoms with van der Waals surface area (Å²) in [7, 11) is -3.45. The van der Waals surface area contributed by atoms with Crippen molar-refractivity contribution >= 4 is 44.9 Å². The molecule has 0 unspecified atom stereocenters. The molecular formula is C23H24Cl2N4O4S. The molecule has 0 aliphatic heterocycles. The maximum atomic E-state index is 11.3. The van der Waals surface area contributed by atoms with E-state index in [4.69, 9.17) is 32.4 Å². The number of alkyl halides is 1. The zero-order valence-corrected chi connectivity index (χ0v) is 21.2. The lowest BCUT2D eigenvalue weighted by Crippen LogP contribution is -2.19. The molecule has 3 rings (SSSR count). The van der Waals surface area contributed by atoms with Crippen LogP contribution < -0.4 is 14.8 Å². The molecule has 8 nitrogen and oxygen atoms in total. The van der Waals surface area contributed by atoms with Crippen molar-refractivity contribution in [1.29, 1.82) is 5.26 Å². The van der Waals surface area contributed by atoms with Gasteiger partial charge in [0.25, 0.3) is 0 Å². The number of sulfonamides is 1. The number of benzene rings is 2. The molecule has 34 heavy (non-hydrogen) atoms.